The molecular weight excluding hydrogens is 241 g/mol. The topological polar surface area (TPSA) is 32.9 Å². The van der Waals surface area contributed by atoms with Crippen molar-refractivity contribution in [3.63, 3.8) is 0 Å². The van der Waals surface area contributed by atoms with Gasteiger partial charge in [0.05, 0.1) is 15.9 Å². The van der Waals surface area contributed by atoms with Crippen LogP contribution in [0.15, 0.2) is 16.9 Å². The number of H-pyrrole nitrogens is 1. The van der Waals surface area contributed by atoms with Crippen LogP contribution in [0.5, 0.6) is 0 Å². The number of pyridine rings is 1. The van der Waals surface area contributed by atoms with Crippen LogP contribution in [0.3, 0.4) is 0 Å². The summed E-state index contributed by atoms with van der Waals surface area (Å²) in [5, 5.41) is 0.626. The third-order valence-electron chi connectivity index (χ3n) is 3.32. The van der Waals surface area contributed by atoms with Crippen molar-refractivity contribution in [2.45, 2.75) is 25.7 Å². The second kappa shape index (κ2) is 3.84. The molecule has 0 radical (unpaired) electrons. The van der Waals surface area contributed by atoms with Gasteiger partial charge in [-0.2, -0.15) is 0 Å². The Morgan fingerprint density at radius 3 is 2.82 bits per heavy atom. The lowest BCUT2D eigenvalue weighted by atomic mass is 9.94. The minimum absolute atomic E-state index is 0.0742. The van der Waals surface area contributed by atoms with Crippen molar-refractivity contribution in [1.82, 2.24) is 4.98 Å². The molecule has 0 unspecified atom stereocenters. The second-order valence-electron chi connectivity index (χ2n) is 4.43. The van der Waals surface area contributed by atoms with Crippen LogP contribution < -0.4 is 5.43 Å². The fourth-order valence-corrected chi connectivity index (χ4v) is 2.74. The van der Waals surface area contributed by atoms with E-state index < -0.39 is 5.82 Å². The largest absolute Gasteiger partial charge is 0.357 e. The van der Waals surface area contributed by atoms with E-state index in [0.717, 1.165) is 36.9 Å². The quantitative estimate of drug-likeness (QED) is 0.766. The molecule has 0 spiro atoms. The molecule has 1 aliphatic rings. The Morgan fingerprint density at radius 1 is 1.24 bits per heavy atom. The molecule has 0 saturated heterocycles. The third kappa shape index (κ3) is 1.65. The Kier molecular flexibility index (Phi) is 2.44. The summed E-state index contributed by atoms with van der Waals surface area (Å²) in [6, 6.07) is 2.49. The average Bonchev–Trinajstić information content (AvgIpc) is 2.31. The molecule has 3 rings (SSSR count). The van der Waals surface area contributed by atoms with Crippen molar-refractivity contribution in [2.24, 2.45) is 0 Å². The number of nitrogens with one attached hydrogen (secondary N) is 1. The van der Waals surface area contributed by atoms with Gasteiger partial charge in [0.2, 0.25) is 0 Å². The molecule has 0 amide bonds. The molecule has 4 heteroatoms. The van der Waals surface area contributed by atoms with Crippen LogP contribution in [0.1, 0.15) is 24.1 Å². The highest BCUT2D eigenvalue weighted by molar-refractivity contribution is 6.35. The molecular formula is C13H11ClFNO. The van der Waals surface area contributed by atoms with Gasteiger partial charge in [0.25, 0.3) is 0 Å². The number of benzene rings is 1. The molecule has 0 bridgehead atoms. The van der Waals surface area contributed by atoms with E-state index in [-0.39, 0.29) is 10.5 Å². The molecule has 88 valence electrons. The molecule has 1 aromatic carbocycles. The summed E-state index contributed by atoms with van der Waals surface area (Å²) in [7, 11) is 0. The summed E-state index contributed by atoms with van der Waals surface area (Å²) in [5.74, 6) is -0.469. The predicted octanol–water partition coefficient (Wildman–Crippen LogP) is 3.20. The minimum atomic E-state index is -0.469. The van der Waals surface area contributed by atoms with Crippen molar-refractivity contribution in [1.29, 1.82) is 0 Å². The normalized spacial score (nSPS) is 14.9. The number of rotatable bonds is 0. The highest BCUT2D eigenvalue weighted by Crippen LogP contribution is 2.25. The van der Waals surface area contributed by atoms with Gasteiger partial charge in [0, 0.05) is 11.3 Å². The van der Waals surface area contributed by atoms with Crippen molar-refractivity contribution in [2.75, 3.05) is 0 Å². The average molecular weight is 252 g/mol. The molecule has 1 N–H and O–H groups in total. The van der Waals surface area contributed by atoms with Gasteiger partial charge >= 0.3 is 0 Å². The highest BCUT2D eigenvalue weighted by Gasteiger charge is 2.17. The maximum absolute atomic E-state index is 13.3. The SMILES string of the molecule is O=c1c2c([nH]c3c(Cl)cc(F)cc13)CCCC2. The van der Waals surface area contributed by atoms with E-state index in [1.54, 1.807) is 0 Å². The zero-order valence-corrected chi connectivity index (χ0v) is 9.90. The van der Waals surface area contributed by atoms with Gasteiger partial charge in [-0.15, -0.1) is 0 Å². The first-order valence-electron chi connectivity index (χ1n) is 5.69. The van der Waals surface area contributed by atoms with Crippen molar-refractivity contribution in [3.8, 4) is 0 Å². The van der Waals surface area contributed by atoms with Crippen LogP contribution in [0.25, 0.3) is 10.9 Å². The summed E-state index contributed by atoms with van der Waals surface area (Å²) in [4.78, 5) is 15.4. The van der Waals surface area contributed by atoms with Crippen molar-refractivity contribution >= 4 is 22.5 Å². The third-order valence-corrected chi connectivity index (χ3v) is 3.62. The zero-order valence-electron chi connectivity index (χ0n) is 9.15. The molecule has 0 fully saturated rings. The highest BCUT2D eigenvalue weighted by atomic mass is 35.5. The Bertz CT molecular complexity index is 662. The number of fused-ring (bicyclic) bond motifs is 2. The van der Waals surface area contributed by atoms with Gasteiger partial charge in [-0.3, -0.25) is 4.79 Å². The fourth-order valence-electron chi connectivity index (χ4n) is 2.49. The van der Waals surface area contributed by atoms with Crippen LogP contribution in [-0.4, -0.2) is 4.98 Å². The van der Waals surface area contributed by atoms with Gasteiger partial charge in [-0.05, 0) is 37.8 Å². The minimum Gasteiger partial charge on any atom is -0.357 e. The number of aromatic nitrogens is 1. The van der Waals surface area contributed by atoms with Crippen LogP contribution >= 0.6 is 11.6 Å². The Labute approximate surface area is 102 Å². The Morgan fingerprint density at radius 2 is 2.00 bits per heavy atom. The van der Waals surface area contributed by atoms with Crippen molar-refractivity contribution in [3.05, 3.63) is 44.5 Å². The number of halogens is 2. The maximum Gasteiger partial charge on any atom is 0.192 e. The standard InChI is InChI=1S/C13H11ClFNO/c14-10-6-7(15)5-9-12(10)16-11-4-2-1-3-8(11)13(9)17/h5-6H,1-4H2,(H,16,17). The first-order valence-corrected chi connectivity index (χ1v) is 6.07. The molecule has 0 aliphatic heterocycles. The van der Waals surface area contributed by atoms with Crippen LogP contribution in [0.2, 0.25) is 5.02 Å². The maximum atomic E-state index is 13.3. The lowest BCUT2D eigenvalue weighted by Crippen LogP contribution is -2.18. The van der Waals surface area contributed by atoms with E-state index in [4.69, 9.17) is 11.6 Å². The van der Waals surface area contributed by atoms with Crippen molar-refractivity contribution < 1.29 is 4.39 Å². The second-order valence-corrected chi connectivity index (χ2v) is 4.84. The molecule has 0 saturated carbocycles. The zero-order chi connectivity index (χ0) is 12.0. The van der Waals surface area contributed by atoms with E-state index in [1.807, 2.05) is 0 Å². The number of aryl methyl sites for hydroxylation is 1. The van der Waals surface area contributed by atoms with E-state index in [2.05, 4.69) is 4.98 Å². The monoisotopic (exact) mass is 251 g/mol. The summed E-state index contributed by atoms with van der Waals surface area (Å²) in [5.41, 5.74) is 2.24. The Hall–Kier alpha value is -1.35. The molecule has 0 atom stereocenters. The van der Waals surface area contributed by atoms with Gasteiger partial charge in [0.15, 0.2) is 5.43 Å². The Balaban J connectivity index is 2.44. The van der Waals surface area contributed by atoms with Gasteiger partial charge in [0.1, 0.15) is 5.82 Å². The van der Waals surface area contributed by atoms with E-state index in [1.165, 1.54) is 12.1 Å². The predicted molar refractivity (Wildman–Crippen MR) is 66.2 cm³/mol. The first kappa shape index (κ1) is 10.8. The van der Waals surface area contributed by atoms with Crippen LogP contribution in [0, 0.1) is 5.82 Å². The first-order chi connectivity index (χ1) is 8.16. The van der Waals surface area contributed by atoms with E-state index in [0.29, 0.717) is 10.9 Å². The van der Waals surface area contributed by atoms with Crippen LogP contribution in [0.4, 0.5) is 4.39 Å². The number of aromatic amines is 1. The van der Waals surface area contributed by atoms with Crippen LogP contribution in [-0.2, 0) is 12.8 Å². The molecule has 1 aliphatic carbocycles. The smallest absolute Gasteiger partial charge is 0.192 e. The van der Waals surface area contributed by atoms with E-state index in [9.17, 15) is 9.18 Å². The summed E-state index contributed by atoms with van der Waals surface area (Å²) < 4.78 is 13.3. The van der Waals surface area contributed by atoms with Gasteiger partial charge in [-0.1, -0.05) is 11.6 Å². The number of hydrogen-bond donors (Lipinski definition) is 1. The molecule has 1 aromatic heterocycles. The molecule has 2 aromatic rings. The lowest BCUT2D eigenvalue weighted by molar-refractivity contribution is 0.629. The summed E-state index contributed by atoms with van der Waals surface area (Å²) in [6.07, 6.45) is 3.74. The lowest BCUT2D eigenvalue weighted by Gasteiger charge is -2.16. The number of hydrogen-bond acceptors (Lipinski definition) is 1. The fraction of sp³-hybridized carbons (Fsp3) is 0.308. The summed E-state index contributed by atoms with van der Waals surface area (Å²) in [6.45, 7) is 0. The van der Waals surface area contributed by atoms with E-state index >= 15 is 0 Å². The summed E-state index contributed by atoms with van der Waals surface area (Å²) >= 11 is 5.97. The molecule has 2 nitrogen and oxygen atoms in total. The molecule has 1 heterocycles. The molecule has 17 heavy (non-hydrogen) atoms. The van der Waals surface area contributed by atoms with Gasteiger partial charge < -0.3 is 4.98 Å². The van der Waals surface area contributed by atoms with Gasteiger partial charge in [-0.25, -0.2) is 4.39 Å².